The summed E-state index contributed by atoms with van der Waals surface area (Å²) in [5, 5.41) is 4.29. The molecule has 1 N–H and O–H groups in total. The van der Waals surface area contributed by atoms with Gasteiger partial charge in [0.2, 0.25) is 0 Å². The van der Waals surface area contributed by atoms with Gasteiger partial charge in [0.05, 0.1) is 0 Å². The van der Waals surface area contributed by atoms with Gasteiger partial charge in [-0.3, -0.25) is 0 Å². The Morgan fingerprint density at radius 3 is 3.12 bits per heavy atom. The molecule has 17 heavy (non-hydrogen) atoms. The van der Waals surface area contributed by atoms with Gasteiger partial charge in [0.1, 0.15) is 0 Å². The first-order valence-corrected chi connectivity index (χ1v) is 7.03. The summed E-state index contributed by atoms with van der Waals surface area (Å²) >= 11 is 1.78. The summed E-state index contributed by atoms with van der Waals surface area (Å²) in [5.41, 5.74) is 0. The highest BCUT2D eigenvalue weighted by Crippen LogP contribution is 2.23. The predicted molar refractivity (Wildman–Crippen MR) is 73.8 cm³/mol. The van der Waals surface area contributed by atoms with Crippen molar-refractivity contribution in [2.75, 3.05) is 39.1 Å². The molecule has 0 amide bonds. The average Bonchev–Trinajstić information content (AvgIpc) is 2.90. The molecule has 2 heterocycles. The molecule has 0 radical (unpaired) electrons. The zero-order valence-corrected chi connectivity index (χ0v) is 11.8. The summed E-state index contributed by atoms with van der Waals surface area (Å²) in [6.07, 6.45) is 4.62. The van der Waals surface area contributed by atoms with E-state index in [0.29, 0.717) is 6.04 Å². The van der Waals surface area contributed by atoms with Crippen molar-refractivity contribution in [1.82, 2.24) is 15.2 Å². The summed E-state index contributed by atoms with van der Waals surface area (Å²) < 4.78 is 0. The molecular formula is C12H22N4S. The number of nitrogens with one attached hydrogen (secondary N) is 1. The number of likely N-dealkylation sites (tertiary alicyclic amines) is 1. The van der Waals surface area contributed by atoms with Crippen molar-refractivity contribution in [3.63, 3.8) is 0 Å². The zero-order valence-electron chi connectivity index (χ0n) is 10.9. The first-order valence-electron chi connectivity index (χ1n) is 6.21. The molecule has 0 aliphatic carbocycles. The van der Waals surface area contributed by atoms with E-state index in [4.69, 9.17) is 0 Å². The number of hydrogen-bond donors (Lipinski definition) is 1. The van der Waals surface area contributed by atoms with Crippen molar-refractivity contribution < 1.29 is 0 Å². The first-order chi connectivity index (χ1) is 8.20. The normalized spacial score (nSPS) is 21.0. The first kappa shape index (κ1) is 12.8. The molecule has 0 spiro atoms. The Hall–Kier alpha value is -0.650. The molecule has 1 fully saturated rings. The number of rotatable bonds is 5. The molecule has 1 aromatic heterocycles. The van der Waals surface area contributed by atoms with Crippen LogP contribution < -0.4 is 10.2 Å². The molecule has 1 aliphatic rings. The van der Waals surface area contributed by atoms with Gasteiger partial charge >= 0.3 is 0 Å². The Morgan fingerprint density at radius 1 is 1.65 bits per heavy atom. The topological polar surface area (TPSA) is 31.4 Å². The Kier molecular flexibility index (Phi) is 4.36. The third kappa shape index (κ3) is 3.18. The van der Waals surface area contributed by atoms with Crippen LogP contribution in [-0.2, 0) is 6.54 Å². The summed E-state index contributed by atoms with van der Waals surface area (Å²) in [6, 6.07) is 0.691. The maximum Gasteiger partial charge on any atom is 0.185 e. The van der Waals surface area contributed by atoms with Gasteiger partial charge in [-0.25, -0.2) is 4.98 Å². The predicted octanol–water partition coefficient (Wildman–Crippen LogP) is 1.39. The molecule has 1 atom stereocenters. The number of hydrogen-bond acceptors (Lipinski definition) is 5. The van der Waals surface area contributed by atoms with Gasteiger partial charge in [0.25, 0.3) is 0 Å². The van der Waals surface area contributed by atoms with E-state index in [-0.39, 0.29) is 0 Å². The van der Waals surface area contributed by atoms with E-state index in [2.05, 4.69) is 34.2 Å². The fourth-order valence-corrected chi connectivity index (χ4v) is 3.23. The monoisotopic (exact) mass is 254 g/mol. The molecule has 0 aromatic carbocycles. The molecule has 2 rings (SSSR count). The van der Waals surface area contributed by atoms with Crippen molar-refractivity contribution in [3.8, 4) is 0 Å². The Labute approximate surface area is 108 Å². The summed E-state index contributed by atoms with van der Waals surface area (Å²) in [6.45, 7) is 3.24. The van der Waals surface area contributed by atoms with Gasteiger partial charge < -0.3 is 15.1 Å². The van der Waals surface area contributed by atoms with Gasteiger partial charge in [0, 0.05) is 37.3 Å². The zero-order chi connectivity index (χ0) is 12.3. The number of anilines is 1. The van der Waals surface area contributed by atoms with Crippen LogP contribution in [0.3, 0.4) is 0 Å². The lowest BCUT2D eigenvalue weighted by molar-refractivity contribution is 0.314. The van der Waals surface area contributed by atoms with Crippen molar-refractivity contribution in [2.45, 2.75) is 25.4 Å². The second-order valence-electron chi connectivity index (χ2n) is 4.80. The third-order valence-electron chi connectivity index (χ3n) is 3.38. The van der Waals surface area contributed by atoms with Crippen molar-refractivity contribution in [1.29, 1.82) is 0 Å². The van der Waals surface area contributed by atoms with Crippen molar-refractivity contribution in [2.24, 2.45) is 0 Å². The highest BCUT2D eigenvalue weighted by molar-refractivity contribution is 7.15. The minimum absolute atomic E-state index is 0.691. The van der Waals surface area contributed by atoms with E-state index in [1.54, 1.807) is 11.3 Å². The number of likely N-dealkylation sites (N-methyl/N-ethyl adjacent to an activating group) is 2. The minimum atomic E-state index is 0.691. The second kappa shape index (κ2) is 5.80. The average molecular weight is 254 g/mol. The lowest BCUT2D eigenvalue weighted by Gasteiger charge is -2.25. The fourth-order valence-electron chi connectivity index (χ4n) is 2.33. The molecule has 1 aromatic rings. The molecule has 1 aliphatic heterocycles. The molecule has 5 heteroatoms. The second-order valence-corrected chi connectivity index (χ2v) is 5.89. The molecule has 96 valence electrons. The van der Waals surface area contributed by atoms with Crippen LogP contribution in [0.2, 0.25) is 0 Å². The maximum atomic E-state index is 4.49. The Balaban J connectivity index is 1.91. The number of aromatic nitrogens is 1. The van der Waals surface area contributed by atoms with Crippen molar-refractivity contribution in [3.05, 3.63) is 11.1 Å². The molecular weight excluding hydrogens is 232 g/mol. The van der Waals surface area contributed by atoms with Crippen molar-refractivity contribution >= 4 is 16.5 Å². The molecule has 0 bridgehead atoms. The van der Waals surface area contributed by atoms with Crippen LogP contribution in [0.4, 0.5) is 5.13 Å². The number of thiazole rings is 1. The van der Waals surface area contributed by atoms with E-state index < -0.39 is 0 Å². The third-order valence-corrected chi connectivity index (χ3v) is 4.49. The van der Waals surface area contributed by atoms with Crippen LogP contribution in [0.15, 0.2) is 6.20 Å². The summed E-state index contributed by atoms with van der Waals surface area (Å²) in [5.74, 6) is 0. The van der Waals surface area contributed by atoms with E-state index in [9.17, 15) is 0 Å². The standard InChI is InChI=1S/C12H22N4S/c1-13-7-11-8-14-12(17-11)16(3)9-10-5-4-6-15(10)2/h8,10,13H,4-7,9H2,1-3H3. The minimum Gasteiger partial charge on any atom is -0.350 e. The number of nitrogens with zero attached hydrogens (tertiary/aromatic N) is 3. The Bertz CT molecular complexity index is 352. The fraction of sp³-hybridized carbons (Fsp3) is 0.750. The van der Waals surface area contributed by atoms with Crippen LogP contribution in [0, 0.1) is 0 Å². The van der Waals surface area contributed by atoms with Crippen LogP contribution in [0.25, 0.3) is 0 Å². The molecule has 0 saturated carbocycles. The van der Waals surface area contributed by atoms with Gasteiger partial charge in [-0.05, 0) is 33.5 Å². The molecule has 1 saturated heterocycles. The SMILES string of the molecule is CNCc1cnc(N(C)CC2CCCN2C)s1. The largest absolute Gasteiger partial charge is 0.350 e. The highest BCUT2D eigenvalue weighted by Gasteiger charge is 2.22. The highest BCUT2D eigenvalue weighted by atomic mass is 32.1. The van der Waals surface area contributed by atoms with Gasteiger partial charge in [-0.15, -0.1) is 11.3 Å². The quantitative estimate of drug-likeness (QED) is 0.860. The van der Waals surface area contributed by atoms with Crippen LogP contribution >= 0.6 is 11.3 Å². The van der Waals surface area contributed by atoms with Crippen LogP contribution in [0.5, 0.6) is 0 Å². The van der Waals surface area contributed by atoms with Crippen LogP contribution in [0.1, 0.15) is 17.7 Å². The lowest BCUT2D eigenvalue weighted by Crippen LogP contribution is -2.36. The summed E-state index contributed by atoms with van der Waals surface area (Å²) in [4.78, 5) is 10.5. The van der Waals surface area contributed by atoms with Gasteiger partial charge in [-0.2, -0.15) is 0 Å². The Morgan fingerprint density at radius 2 is 2.47 bits per heavy atom. The van der Waals surface area contributed by atoms with E-state index in [0.717, 1.165) is 18.2 Å². The van der Waals surface area contributed by atoms with E-state index >= 15 is 0 Å². The van der Waals surface area contributed by atoms with Gasteiger partial charge in [0.15, 0.2) is 5.13 Å². The van der Waals surface area contributed by atoms with E-state index in [1.807, 2.05) is 13.2 Å². The van der Waals surface area contributed by atoms with E-state index in [1.165, 1.54) is 24.3 Å². The van der Waals surface area contributed by atoms with Crippen LogP contribution in [-0.4, -0.2) is 50.2 Å². The maximum absolute atomic E-state index is 4.49. The molecule has 1 unspecified atom stereocenters. The lowest BCUT2D eigenvalue weighted by atomic mass is 10.2. The van der Waals surface area contributed by atoms with Gasteiger partial charge in [-0.1, -0.05) is 0 Å². The molecule has 4 nitrogen and oxygen atoms in total. The summed E-state index contributed by atoms with van der Waals surface area (Å²) in [7, 11) is 6.34. The smallest absolute Gasteiger partial charge is 0.185 e.